The first-order valence-electron chi connectivity index (χ1n) is 8.71. The van der Waals surface area contributed by atoms with Crippen LogP contribution in [-0.4, -0.2) is 56.4 Å². The number of anilines is 2. The van der Waals surface area contributed by atoms with E-state index in [0.29, 0.717) is 11.6 Å². The summed E-state index contributed by atoms with van der Waals surface area (Å²) in [5, 5.41) is 0.553. The van der Waals surface area contributed by atoms with Gasteiger partial charge in [-0.25, -0.2) is 8.42 Å². The van der Waals surface area contributed by atoms with E-state index in [2.05, 4.69) is 4.99 Å². The summed E-state index contributed by atoms with van der Waals surface area (Å²) in [5.74, 6) is 0.343. The number of hydrogen-bond acceptors (Lipinski definition) is 5. The van der Waals surface area contributed by atoms with Gasteiger partial charge in [0.05, 0.1) is 17.5 Å². The van der Waals surface area contributed by atoms with Crippen LogP contribution >= 0.6 is 11.8 Å². The Kier molecular flexibility index (Phi) is 5.35. The SMILES string of the molecule is CC(C)CC(=O)N=C1S[C@H]2CS(=O)(=O)C[C@H]2N1c1ccc(N(C)C)cc1. The highest BCUT2D eigenvalue weighted by molar-refractivity contribution is 8.16. The van der Waals surface area contributed by atoms with E-state index < -0.39 is 9.84 Å². The number of amidine groups is 1. The fraction of sp³-hybridized carbons (Fsp3) is 0.556. The van der Waals surface area contributed by atoms with Crippen molar-refractivity contribution < 1.29 is 13.2 Å². The normalized spacial score (nSPS) is 25.7. The van der Waals surface area contributed by atoms with Gasteiger partial charge in [-0.3, -0.25) is 4.79 Å². The van der Waals surface area contributed by atoms with Crippen molar-refractivity contribution in [2.24, 2.45) is 10.9 Å². The zero-order valence-electron chi connectivity index (χ0n) is 15.5. The van der Waals surface area contributed by atoms with Gasteiger partial charge in [0.2, 0.25) is 5.91 Å². The molecule has 0 unspecified atom stereocenters. The van der Waals surface area contributed by atoms with Gasteiger partial charge in [-0.05, 0) is 30.2 Å². The molecule has 1 aromatic rings. The first-order valence-corrected chi connectivity index (χ1v) is 11.4. The molecule has 26 heavy (non-hydrogen) atoms. The molecule has 2 heterocycles. The molecule has 2 fully saturated rings. The number of aliphatic imine (C=N–C) groups is 1. The third-order valence-corrected chi connectivity index (χ3v) is 7.72. The number of rotatable bonds is 4. The standard InChI is InChI=1S/C18H25N3O3S2/c1-12(2)9-17(22)19-18-21(14-7-5-13(6-8-14)20(3)4)15-10-26(23,24)11-16(15)25-18/h5-8,12,15-16H,9-11H2,1-4H3/t15-,16+/m1/s1. The number of nitrogens with zero attached hydrogens (tertiary/aromatic N) is 3. The molecule has 0 aliphatic carbocycles. The predicted molar refractivity (Wildman–Crippen MR) is 109 cm³/mol. The highest BCUT2D eigenvalue weighted by Crippen LogP contribution is 2.41. The number of thioether (sulfide) groups is 1. The van der Waals surface area contributed by atoms with Crippen molar-refractivity contribution in [2.45, 2.75) is 31.6 Å². The largest absolute Gasteiger partial charge is 0.378 e. The van der Waals surface area contributed by atoms with Crippen LogP contribution in [0.4, 0.5) is 11.4 Å². The minimum Gasteiger partial charge on any atom is -0.378 e. The van der Waals surface area contributed by atoms with Crippen molar-refractivity contribution >= 4 is 44.0 Å². The average molecular weight is 396 g/mol. The third-order valence-electron chi connectivity index (χ3n) is 4.51. The predicted octanol–water partition coefficient (Wildman–Crippen LogP) is 2.40. The fourth-order valence-electron chi connectivity index (χ4n) is 3.28. The minimum atomic E-state index is -3.05. The lowest BCUT2D eigenvalue weighted by molar-refractivity contribution is -0.118. The van der Waals surface area contributed by atoms with Crippen LogP contribution in [-0.2, 0) is 14.6 Å². The van der Waals surface area contributed by atoms with Crippen LogP contribution in [0, 0.1) is 5.92 Å². The molecule has 2 aliphatic rings. The molecule has 0 radical (unpaired) electrons. The van der Waals surface area contributed by atoms with E-state index in [0.717, 1.165) is 11.4 Å². The van der Waals surface area contributed by atoms with Gasteiger partial charge in [-0.1, -0.05) is 25.6 Å². The van der Waals surface area contributed by atoms with E-state index in [9.17, 15) is 13.2 Å². The Balaban J connectivity index is 1.94. The van der Waals surface area contributed by atoms with Crippen molar-refractivity contribution in [1.29, 1.82) is 0 Å². The van der Waals surface area contributed by atoms with Gasteiger partial charge in [-0.2, -0.15) is 4.99 Å². The summed E-state index contributed by atoms with van der Waals surface area (Å²) in [7, 11) is 0.890. The number of hydrogen-bond donors (Lipinski definition) is 0. The average Bonchev–Trinajstić information content (AvgIpc) is 2.97. The number of carbonyl (C=O) groups excluding carboxylic acids is 1. The van der Waals surface area contributed by atoms with Crippen molar-refractivity contribution in [3.05, 3.63) is 24.3 Å². The molecule has 1 aromatic carbocycles. The van der Waals surface area contributed by atoms with Crippen molar-refractivity contribution in [3.8, 4) is 0 Å². The van der Waals surface area contributed by atoms with Gasteiger partial charge in [-0.15, -0.1) is 0 Å². The number of sulfone groups is 1. The molecule has 1 amide bonds. The molecule has 0 aromatic heterocycles. The quantitative estimate of drug-likeness (QED) is 0.780. The molecule has 0 saturated carbocycles. The molecule has 142 valence electrons. The Hall–Kier alpha value is -1.54. The maximum atomic E-state index is 12.2. The molecule has 0 N–H and O–H groups in total. The Bertz CT molecular complexity index is 817. The van der Waals surface area contributed by atoms with Crippen LogP contribution in [0.25, 0.3) is 0 Å². The van der Waals surface area contributed by atoms with Gasteiger partial charge in [0.15, 0.2) is 15.0 Å². The smallest absolute Gasteiger partial charge is 0.248 e. The summed E-state index contributed by atoms with van der Waals surface area (Å²) in [5.41, 5.74) is 1.94. The minimum absolute atomic E-state index is 0.0703. The maximum Gasteiger partial charge on any atom is 0.248 e. The Morgan fingerprint density at radius 2 is 1.92 bits per heavy atom. The van der Waals surface area contributed by atoms with E-state index in [4.69, 9.17) is 0 Å². The van der Waals surface area contributed by atoms with E-state index in [1.807, 2.05) is 62.0 Å². The molecule has 6 nitrogen and oxygen atoms in total. The van der Waals surface area contributed by atoms with Gasteiger partial charge in [0, 0.05) is 37.1 Å². The lowest BCUT2D eigenvalue weighted by Crippen LogP contribution is -2.37. The number of benzene rings is 1. The Labute approximate surface area is 159 Å². The summed E-state index contributed by atoms with van der Waals surface area (Å²) in [6, 6.07) is 7.74. The van der Waals surface area contributed by atoms with Gasteiger partial charge in [0.25, 0.3) is 0 Å². The second-order valence-electron chi connectivity index (χ2n) is 7.47. The summed E-state index contributed by atoms with van der Waals surface area (Å²) in [4.78, 5) is 20.5. The van der Waals surface area contributed by atoms with Crippen LogP contribution in [0.5, 0.6) is 0 Å². The first kappa shape index (κ1) is 19.2. The highest BCUT2D eigenvalue weighted by Gasteiger charge is 2.49. The van der Waals surface area contributed by atoms with Crippen molar-refractivity contribution in [2.75, 3.05) is 35.4 Å². The van der Waals surface area contributed by atoms with Gasteiger partial charge < -0.3 is 9.80 Å². The van der Waals surface area contributed by atoms with E-state index >= 15 is 0 Å². The van der Waals surface area contributed by atoms with E-state index in [-0.39, 0.29) is 34.6 Å². The third kappa shape index (κ3) is 4.06. The number of carbonyl (C=O) groups is 1. The number of fused-ring (bicyclic) bond motifs is 1. The Morgan fingerprint density at radius 1 is 1.27 bits per heavy atom. The molecule has 0 spiro atoms. The summed E-state index contributed by atoms with van der Waals surface area (Å²) < 4.78 is 24.2. The van der Waals surface area contributed by atoms with Crippen LogP contribution in [0.15, 0.2) is 29.3 Å². The van der Waals surface area contributed by atoms with Crippen LogP contribution in [0.1, 0.15) is 20.3 Å². The molecule has 2 saturated heterocycles. The molecule has 0 bridgehead atoms. The second-order valence-corrected chi connectivity index (χ2v) is 10.8. The molecular formula is C18H25N3O3S2. The van der Waals surface area contributed by atoms with Crippen LogP contribution < -0.4 is 9.80 Å². The van der Waals surface area contributed by atoms with E-state index in [1.165, 1.54) is 11.8 Å². The molecule has 3 rings (SSSR count). The lowest BCUT2D eigenvalue weighted by Gasteiger charge is -2.25. The monoisotopic (exact) mass is 395 g/mol. The van der Waals surface area contributed by atoms with Crippen molar-refractivity contribution in [3.63, 3.8) is 0 Å². The maximum absolute atomic E-state index is 12.2. The van der Waals surface area contributed by atoms with E-state index in [1.54, 1.807) is 0 Å². The fourth-order valence-corrected chi connectivity index (χ4v) is 7.21. The molecule has 2 atom stereocenters. The second kappa shape index (κ2) is 7.23. The summed E-state index contributed by atoms with van der Waals surface area (Å²) >= 11 is 1.42. The summed E-state index contributed by atoms with van der Waals surface area (Å²) in [6.45, 7) is 3.97. The zero-order chi connectivity index (χ0) is 19.1. The zero-order valence-corrected chi connectivity index (χ0v) is 17.2. The van der Waals surface area contributed by atoms with Gasteiger partial charge in [0.1, 0.15) is 0 Å². The van der Waals surface area contributed by atoms with Crippen molar-refractivity contribution in [1.82, 2.24) is 0 Å². The summed E-state index contributed by atoms with van der Waals surface area (Å²) in [6.07, 6.45) is 0.394. The Morgan fingerprint density at radius 3 is 2.50 bits per heavy atom. The topological polar surface area (TPSA) is 70.0 Å². The number of amides is 1. The lowest BCUT2D eigenvalue weighted by atomic mass is 10.1. The first-order chi connectivity index (χ1) is 12.2. The van der Waals surface area contributed by atoms with Crippen LogP contribution in [0.2, 0.25) is 0 Å². The highest BCUT2D eigenvalue weighted by atomic mass is 32.2. The van der Waals surface area contributed by atoms with Crippen LogP contribution in [0.3, 0.4) is 0 Å². The molecule has 2 aliphatic heterocycles. The molecule has 8 heteroatoms. The van der Waals surface area contributed by atoms with Gasteiger partial charge >= 0.3 is 0 Å². The molecular weight excluding hydrogens is 370 g/mol.